The van der Waals surface area contributed by atoms with Crippen LogP contribution in [-0.4, -0.2) is 19.1 Å². The van der Waals surface area contributed by atoms with Crippen LogP contribution in [0.1, 0.15) is 5.56 Å². The number of rotatable bonds is 6. The predicted molar refractivity (Wildman–Crippen MR) is 264 cm³/mol. The van der Waals surface area contributed by atoms with Crippen molar-refractivity contribution in [2.24, 2.45) is 0 Å². The van der Waals surface area contributed by atoms with Crippen molar-refractivity contribution in [1.82, 2.24) is 19.1 Å². The molecule has 0 spiro atoms. The summed E-state index contributed by atoms with van der Waals surface area (Å²) in [4.78, 5) is 10.4. The first-order chi connectivity index (χ1) is 32.2. The largest absolute Gasteiger partial charge is 0.455 e. The molecule has 0 aliphatic carbocycles. The van der Waals surface area contributed by atoms with Crippen LogP contribution >= 0.6 is 0 Å². The number of fused-ring (bicyclic) bond motifs is 10. The van der Waals surface area contributed by atoms with Crippen molar-refractivity contribution in [2.75, 3.05) is 0 Å². The molecule has 0 unspecified atom stereocenters. The Bertz CT molecular complexity index is 3990. The molecule has 302 valence electrons. The minimum Gasteiger partial charge on any atom is -0.455 e. The van der Waals surface area contributed by atoms with Crippen LogP contribution in [0.5, 0.6) is 0 Å². The molecule has 0 fully saturated rings. The fourth-order valence-corrected chi connectivity index (χ4v) is 9.96. The van der Waals surface area contributed by atoms with E-state index in [9.17, 15) is 5.26 Å². The molecule has 4 heterocycles. The molecule has 65 heavy (non-hydrogen) atoms. The Hall–Kier alpha value is -9.05. The number of benzene rings is 9. The number of nitriles is 1. The van der Waals surface area contributed by atoms with E-state index in [4.69, 9.17) is 14.4 Å². The van der Waals surface area contributed by atoms with Crippen molar-refractivity contribution in [2.45, 2.75) is 0 Å². The predicted octanol–water partition coefficient (Wildman–Crippen LogP) is 15.1. The van der Waals surface area contributed by atoms with Gasteiger partial charge < -0.3 is 13.6 Å². The average molecular weight is 830 g/mol. The summed E-state index contributed by atoms with van der Waals surface area (Å²) in [5.41, 5.74) is 14.3. The molecule has 0 bridgehead atoms. The van der Waals surface area contributed by atoms with E-state index in [1.807, 2.05) is 72.8 Å². The smallest absolute Gasteiger partial charge is 0.164 e. The van der Waals surface area contributed by atoms with Crippen molar-refractivity contribution in [1.29, 1.82) is 5.26 Å². The standard InChI is InChI=1S/C59H35N5O/c60-36-46-56(38-19-7-2-8-20-38)61-59(62-57(46)39-21-9-3-10-22-39)44-30-32-51(55-43-26-14-16-28-52(43)65-58(44)55)64-48-31-29-40(37-17-5-1-6-18-37)35-45(48)54-50(64)34-33-49-53(54)42-25-13-15-27-47(42)63(49)41-23-11-4-12-24-41/h1-35H. The number of para-hydroxylation sites is 3. The van der Waals surface area contributed by atoms with Crippen molar-refractivity contribution in [3.8, 4) is 62.5 Å². The second-order valence-corrected chi connectivity index (χ2v) is 16.4. The van der Waals surface area contributed by atoms with Gasteiger partial charge in [0.05, 0.1) is 50.1 Å². The maximum atomic E-state index is 10.7. The van der Waals surface area contributed by atoms with Gasteiger partial charge in [-0.15, -0.1) is 0 Å². The Morgan fingerprint density at radius 3 is 1.63 bits per heavy atom. The molecule has 13 rings (SSSR count). The van der Waals surface area contributed by atoms with E-state index in [1.54, 1.807) is 0 Å². The molecule has 4 aromatic heterocycles. The molecule has 0 saturated heterocycles. The topological polar surface area (TPSA) is 72.6 Å². The van der Waals surface area contributed by atoms with E-state index in [1.165, 1.54) is 16.2 Å². The van der Waals surface area contributed by atoms with Crippen LogP contribution in [0.25, 0.3) is 122 Å². The third kappa shape index (κ3) is 5.59. The second kappa shape index (κ2) is 14.5. The van der Waals surface area contributed by atoms with E-state index in [0.29, 0.717) is 28.4 Å². The number of aromatic nitrogens is 4. The van der Waals surface area contributed by atoms with Crippen molar-refractivity contribution in [3.63, 3.8) is 0 Å². The average Bonchev–Trinajstić information content (AvgIpc) is 4.05. The van der Waals surface area contributed by atoms with Gasteiger partial charge in [0.25, 0.3) is 0 Å². The Morgan fingerprint density at radius 2 is 0.954 bits per heavy atom. The number of furan rings is 1. The molecule has 0 atom stereocenters. The van der Waals surface area contributed by atoms with Crippen molar-refractivity contribution < 1.29 is 4.42 Å². The van der Waals surface area contributed by atoms with Crippen LogP contribution in [-0.2, 0) is 0 Å². The number of nitrogens with zero attached hydrogens (tertiary/aromatic N) is 5. The molecule has 0 N–H and O–H groups in total. The van der Waals surface area contributed by atoms with Gasteiger partial charge >= 0.3 is 0 Å². The highest BCUT2D eigenvalue weighted by molar-refractivity contribution is 6.30. The van der Waals surface area contributed by atoms with Gasteiger partial charge in [-0.2, -0.15) is 5.26 Å². The highest BCUT2D eigenvalue weighted by Gasteiger charge is 2.26. The molecule has 6 nitrogen and oxygen atoms in total. The highest BCUT2D eigenvalue weighted by atomic mass is 16.3. The normalized spacial score (nSPS) is 11.7. The van der Waals surface area contributed by atoms with Crippen LogP contribution in [0, 0.1) is 11.3 Å². The van der Waals surface area contributed by atoms with Gasteiger partial charge in [0, 0.05) is 43.7 Å². The molecular weight excluding hydrogens is 795 g/mol. The lowest BCUT2D eigenvalue weighted by molar-refractivity contribution is 0.669. The monoisotopic (exact) mass is 829 g/mol. The van der Waals surface area contributed by atoms with Crippen LogP contribution < -0.4 is 0 Å². The fraction of sp³-hybridized carbons (Fsp3) is 0. The molecule has 13 aromatic rings. The van der Waals surface area contributed by atoms with Crippen LogP contribution in [0.3, 0.4) is 0 Å². The quantitative estimate of drug-likeness (QED) is 0.167. The van der Waals surface area contributed by atoms with E-state index >= 15 is 0 Å². The Labute approximate surface area is 373 Å². The van der Waals surface area contributed by atoms with Crippen molar-refractivity contribution >= 4 is 65.6 Å². The summed E-state index contributed by atoms with van der Waals surface area (Å²) in [6.45, 7) is 0. The third-order valence-corrected chi connectivity index (χ3v) is 12.8. The van der Waals surface area contributed by atoms with Gasteiger partial charge in [0.1, 0.15) is 22.8 Å². The summed E-state index contributed by atoms with van der Waals surface area (Å²) in [7, 11) is 0. The van der Waals surface area contributed by atoms with Gasteiger partial charge in [0.15, 0.2) is 5.82 Å². The Morgan fingerprint density at radius 1 is 0.415 bits per heavy atom. The summed E-state index contributed by atoms with van der Waals surface area (Å²) < 4.78 is 11.7. The van der Waals surface area contributed by atoms with Crippen LogP contribution in [0.15, 0.2) is 217 Å². The summed E-state index contributed by atoms with van der Waals surface area (Å²) >= 11 is 0. The first kappa shape index (κ1) is 36.6. The number of hydrogen-bond donors (Lipinski definition) is 0. The SMILES string of the molecule is N#Cc1c(-c2ccccc2)nc(-c2ccc(-n3c4ccc(-c5ccccc5)cc4c4c5c6ccccc6n(-c6ccccc6)c5ccc43)c3c2oc2ccccc23)nc1-c1ccccc1. The first-order valence-electron chi connectivity index (χ1n) is 21.7. The van der Waals surface area contributed by atoms with Crippen LogP contribution in [0.2, 0.25) is 0 Å². The molecule has 0 aliphatic rings. The third-order valence-electron chi connectivity index (χ3n) is 12.8. The van der Waals surface area contributed by atoms with E-state index in [-0.39, 0.29) is 0 Å². The maximum Gasteiger partial charge on any atom is 0.164 e. The fourth-order valence-electron chi connectivity index (χ4n) is 9.96. The lowest BCUT2D eigenvalue weighted by Gasteiger charge is -2.14. The summed E-state index contributed by atoms with van der Waals surface area (Å²) in [6, 6.07) is 76.1. The first-order valence-corrected chi connectivity index (χ1v) is 21.7. The van der Waals surface area contributed by atoms with Gasteiger partial charge in [-0.25, -0.2) is 9.97 Å². The van der Waals surface area contributed by atoms with Crippen LogP contribution in [0.4, 0.5) is 0 Å². The molecule has 9 aromatic carbocycles. The molecule has 0 radical (unpaired) electrons. The van der Waals surface area contributed by atoms with Gasteiger partial charge in [-0.1, -0.05) is 152 Å². The van der Waals surface area contributed by atoms with E-state index in [2.05, 4.69) is 155 Å². The molecule has 6 heteroatoms. The summed E-state index contributed by atoms with van der Waals surface area (Å²) in [5.74, 6) is 0.475. The summed E-state index contributed by atoms with van der Waals surface area (Å²) in [6.07, 6.45) is 0. The number of hydrogen-bond acceptors (Lipinski definition) is 4. The molecular formula is C59H35N5O. The van der Waals surface area contributed by atoms with Crippen molar-refractivity contribution in [3.05, 3.63) is 218 Å². The zero-order chi connectivity index (χ0) is 43.0. The lowest BCUT2D eigenvalue weighted by atomic mass is 9.99. The van der Waals surface area contributed by atoms with Gasteiger partial charge in [-0.05, 0) is 71.8 Å². The zero-order valence-corrected chi connectivity index (χ0v) is 34.9. The van der Waals surface area contributed by atoms with Gasteiger partial charge in [-0.3, -0.25) is 0 Å². The molecule has 0 saturated carbocycles. The Balaban J connectivity index is 1.14. The lowest BCUT2D eigenvalue weighted by Crippen LogP contribution is -2.02. The molecule has 0 amide bonds. The molecule has 0 aliphatic heterocycles. The second-order valence-electron chi connectivity index (χ2n) is 16.4. The Kier molecular flexibility index (Phi) is 8.17. The van der Waals surface area contributed by atoms with Gasteiger partial charge in [0.2, 0.25) is 0 Å². The highest BCUT2D eigenvalue weighted by Crippen LogP contribution is 2.47. The van der Waals surface area contributed by atoms with E-state index < -0.39 is 0 Å². The maximum absolute atomic E-state index is 10.7. The minimum atomic E-state index is 0.420. The van der Waals surface area contributed by atoms with E-state index in [0.717, 1.165) is 83.0 Å². The zero-order valence-electron chi connectivity index (χ0n) is 34.9. The minimum absolute atomic E-state index is 0.420. The summed E-state index contributed by atoms with van der Waals surface area (Å²) in [5, 5.41) is 17.3.